The fraction of sp³-hybridized carbons (Fsp3) is 0.419. The molecule has 1 aliphatic carbocycles. The van der Waals surface area contributed by atoms with Crippen molar-refractivity contribution in [2.24, 2.45) is 0 Å². The van der Waals surface area contributed by atoms with Crippen LogP contribution < -0.4 is 10.6 Å². The maximum atomic E-state index is 14.2. The summed E-state index contributed by atoms with van der Waals surface area (Å²) in [6.07, 6.45) is 5.80. The number of amides is 2. The average Bonchev–Trinajstić information content (AvgIpc) is 3.43. The number of imidazole rings is 1. The smallest absolute Gasteiger partial charge is 0.407 e. The Hall–Kier alpha value is -4.16. The molecular formula is C31H36N6O3. The molecule has 3 aromatic rings. The number of rotatable bonds is 7. The Kier molecular flexibility index (Phi) is 8.77. The average molecular weight is 541 g/mol. The number of carbonyl (C=O) groups is 2. The van der Waals surface area contributed by atoms with Crippen LogP contribution in [0.15, 0.2) is 60.9 Å². The Labute approximate surface area is 235 Å². The molecule has 2 N–H and O–H groups in total. The largest absolute Gasteiger partial charge is 0.450 e. The van der Waals surface area contributed by atoms with E-state index in [2.05, 4.69) is 21.3 Å². The first kappa shape index (κ1) is 27.4. The van der Waals surface area contributed by atoms with Gasteiger partial charge in [-0.3, -0.25) is 4.79 Å². The van der Waals surface area contributed by atoms with Crippen LogP contribution in [0.1, 0.15) is 60.3 Å². The molecule has 3 atom stereocenters. The van der Waals surface area contributed by atoms with E-state index in [1.165, 1.54) is 0 Å². The number of hydrogen-bond donors (Lipinski definition) is 2. The summed E-state index contributed by atoms with van der Waals surface area (Å²) < 4.78 is 7.28. The zero-order chi connectivity index (χ0) is 27.9. The predicted molar refractivity (Wildman–Crippen MR) is 152 cm³/mol. The first-order valence-electron chi connectivity index (χ1n) is 14.1. The van der Waals surface area contributed by atoms with Crippen LogP contribution in [-0.4, -0.2) is 64.8 Å². The van der Waals surface area contributed by atoms with Crippen LogP contribution in [0.5, 0.6) is 0 Å². The summed E-state index contributed by atoms with van der Waals surface area (Å²) >= 11 is 0. The second-order valence-corrected chi connectivity index (χ2v) is 10.4. The number of alkyl carbamates (subject to hydrolysis) is 1. The molecule has 5 rings (SSSR count). The highest BCUT2D eigenvalue weighted by Gasteiger charge is 2.35. The summed E-state index contributed by atoms with van der Waals surface area (Å²) in [5.74, 6) is -0.0940. The van der Waals surface area contributed by atoms with Crippen LogP contribution in [0.4, 0.5) is 4.79 Å². The predicted octanol–water partition coefficient (Wildman–Crippen LogP) is 4.31. The van der Waals surface area contributed by atoms with Gasteiger partial charge in [-0.1, -0.05) is 55.3 Å². The molecule has 2 aromatic carbocycles. The van der Waals surface area contributed by atoms with Gasteiger partial charge >= 0.3 is 6.09 Å². The molecule has 1 aliphatic heterocycles. The van der Waals surface area contributed by atoms with Crippen molar-refractivity contribution in [3.8, 4) is 17.3 Å². The molecule has 1 saturated heterocycles. The first-order chi connectivity index (χ1) is 19.6. The molecule has 0 bridgehead atoms. The second kappa shape index (κ2) is 12.8. The fourth-order valence-electron chi connectivity index (χ4n) is 5.92. The molecule has 208 valence electrons. The van der Waals surface area contributed by atoms with Gasteiger partial charge in [0.2, 0.25) is 0 Å². The van der Waals surface area contributed by atoms with Crippen molar-refractivity contribution in [2.75, 3.05) is 26.2 Å². The summed E-state index contributed by atoms with van der Waals surface area (Å²) in [5, 5.41) is 15.6. The van der Waals surface area contributed by atoms with Gasteiger partial charge in [0.15, 0.2) is 5.69 Å². The van der Waals surface area contributed by atoms with Gasteiger partial charge in [-0.15, -0.1) is 0 Å². The standard InChI is InChI=1S/C31H36N6O3/c1-2-40-31(39)35-26-10-6-7-11-27(26)37-21-34-28(29(37)24-8-4-3-5-9-24)30(38)36-17-16-33-20-25(36)18-22-12-14-23(19-32)15-13-22/h3-5,8-9,12-15,21,25-27,33H,2,6-7,10-11,16-18,20H2,1H3,(H,35,39)/t25-,26+,27+/m1/s1. The first-order valence-corrected chi connectivity index (χ1v) is 14.1. The van der Waals surface area contributed by atoms with Gasteiger partial charge in [0, 0.05) is 31.2 Å². The van der Waals surface area contributed by atoms with Gasteiger partial charge in [-0.2, -0.15) is 5.26 Å². The lowest BCUT2D eigenvalue weighted by Crippen LogP contribution is -2.54. The molecule has 2 heterocycles. The van der Waals surface area contributed by atoms with Crippen molar-refractivity contribution in [1.29, 1.82) is 5.26 Å². The van der Waals surface area contributed by atoms with E-state index < -0.39 is 6.09 Å². The molecule has 0 spiro atoms. The SMILES string of the molecule is CCOC(=O)N[C@H]1CCCC[C@@H]1n1cnc(C(=O)N2CCNC[C@H]2Cc2ccc(C#N)cc2)c1-c1ccccc1. The second-order valence-electron chi connectivity index (χ2n) is 10.4. The topological polar surface area (TPSA) is 112 Å². The zero-order valence-electron chi connectivity index (χ0n) is 22.9. The number of aromatic nitrogens is 2. The summed E-state index contributed by atoms with van der Waals surface area (Å²) in [7, 11) is 0. The molecule has 1 aromatic heterocycles. The monoisotopic (exact) mass is 540 g/mol. The lowest BCUT2D eigenvalue weighted by atomic mass is 9.89. The highest BCUT2D eigenvalue weighted by Crippen LogP contribution is 2.35. The van der Waals surface area contributed by atoms with E-state index in [9.17, 15) is 9.59 Å². The Morgan fingerprint density at radius 1 is 1.12 bits per heavy atom. The van der Waals surface area contributed by atoms with Crippen molar-refractivity contribution >= 4 is 12.0 Å². The zero-order valence-corrected chi connectivity index (χ0v) is 22.9. The molecule has 0 unspecified atom stereocenters. The van der Waals surface area contributed by atoms with Gasteiger partial charge in [0.05, 0.1) is 42.3 Å². The number of piperazine rings is 1. The van der Waals surface area contributed by atoms with Gasteiger partial charge in [0.25, 0.3) is 5.91 Å². The van der Waals surface area contributed by atoms with E-state index in [0.29, 0.717) is 43.9 Å². The lowest BCUT2D eigenvalue weighted by molar-refractivity contribution is 0.0631. The molecule has 1 saturated carbocycles. The van der Waals surface area contributed by atoms with E-state index >= 15 is 0 Å². The van der Waals surface area contributed by atoms with E-state index in [-0.39, 0.29) is 24.0 Å². The third kappa shape index (κ3) is 6.02. The van der Waals surface area contributed by atoms with E-state index in [4.69, 9.17) is 15.0 Å². The van der Waals surface area contributed by atoms with Crippen LogP contribution in [0.2, 0.25) is 0 Å². The lowest BCUT2D eigenvalue weighted by Gasteiger charge is -2.36. The van der Waals surface area contributed by atoms with Crippen molar-refractivity contribution in [3.63, 3.8) is 0 Å². The van der Waals surface area contributed by atoms with Crippen LogP contribution in [0.25, 0.3) is 11.3 Å². The van der Waals surface area contributed by atoms with Crippen LogP contribution in [-0.2, 0) is 11.2 Å². The van der Waals surface area contributed by atoms with Gasteiger partial charge in [0.1, 0.15) is 0 Å². The summed E-state index contributed by atoms with van der Waals surface area (Å²) in [6, 6.07) is 19.4. The van der Waals surface area contributed by atoms with Gasteiger partial charge < -0.3 is 24.8 Å². The van der Waals surface area contributed by atoms with E-state index in [1.807, 2.05) is 59.5 Å². The number of ether oxygens (including phenoxy) is 1. The number of carbonyl (C=O) groups excluding carboxylic acids is 2. The highest BCUT2D eigenvalue weighted by atomic mass is 16.5. The number of nitrogens with one attached hydrogen (secondary N) is 2. The van der Waals surface area contributed by atoms with Gasteiger partial charge in [-0.05, 0) is 43.9 Å². The van der Waals surface area contributed by atoms with E-state index in [0.717, 1.165) is 42.5 Å². The summed E-state index contributed by atoms with van der Waals surface area (Å²) in [6.45, 7) is 4.09. The summed E-state index contributed by atoms with van der Waals surface area (Å²) in [5.41, 5.74) is 3.83. The Bertz CT molecular complexity index is 1350. The normalized spacial score (nSPS) is 20.9. The molecule has 2 fully saturated rings. The maximum absolute atomic E-state index is 14.2. The maximum Gasteiger partial charge on any atom is 0.407 e. The van der Waals surface area contributed by atoms with Crippen LogP contribution in [0.3, 0.4) is 0 Å². The summed E-state index contributed by atoms with van der Waals surface area (Å²) in [4.78, 5) is 33.2. The minimum atomic E-state index is -0.413. The number of hydrogen-bond acceptors (Lipinski definition) is 6. The van der Waals surface area contributed by atoms with Gasteiger partial charge in [-0.25, -0.2) is 9.78 Å². The quantitative estimate of drug-likeness (QED) is 0.462. The molecule has 40 heavy (non-hydrogen) atoms. The molecule has 0 radical (unpaired) electrons. The van der Waals surface area contributed by atoms with Crippen molar-refractivity contribution in [1.82, 2.24) is 25.1 Å². The Morgan fingerprint density at radius 2 is 1.90 bits per heavy atom. The molecular weight excluding hydrogens is 504 g/mol. The number of benzene rings is 2. The third-order valence-electron chi connectivity index (χ3n) is 7.87. The molecule has 2 amide bonds. The van der Waals surface area contributed by atoms with Crippen LogP contribution >= 0.6 is 0 Å². The number of nitrogens with zero attached hydrogens (tertiary/aromatic N) is 4. The Morgan fingerprint density at radius 3 is 2.65 bits per heavy atom. The fourth-order valence-corrected chi connectivity index (χ4v) is 5.92. The van der Waals surface area contributed by atoms with Crippen molar-refractivity contribution < 1.29 is 14.3 Å². The minimum Gasteiger partial charge on any atom is -0.450 e. The Balaban J connectivity index is 1.47. The van der Waals surface area contributed by atoms with E-state index in [1.54, 1.807) is 13.3 Å². The van der Waals surface area contributed by atoms with Crippen molar-refractivity contribution in [3.05, 3.63) is 77.7 Å². The minimum absolute atomic E-state index is 0.0418. The highest BCUT2D eigenvalue weighted by molar-refractivity contribution is 5.98. The molecule has 9 nitrogen and oxygen atoms in total. The van der Waals surface area contributed by atoms with Crippen molar-refractivity contribution in [2.45, 2.75) is 57.2 Å². The molecule has 9 heteroatoms. The third-order valence-corrected chi connectivity index (χ3v) is 7.87. The number of nitriles is 1. The molecule has 2 aliphatic rings. The van der Waals surface area contributed by atoms with Crippen LogP contribution in [0, 0.1) is 11.3 Å².